The molecule has 1 fully saturated rings. The molecule has 44 heavy (non-hydrogen) atoms. The lowest BCUT2D eigenvalue weighted by Gasteiger charge is -2.35. The molecule has 1 atom stereocenters. The van der Waals surface area contributed by atoms with Crippen molar-refractivity contribution in [3.05, 3.63) is 77.3 Å². The highest BCUT2D eigenvalue weighted by atomic mass is 32.1. The van der Waals surface area contributed by atoms with Crippen molar-refractivity contribution in [2.75, 3.05) is 30.0 Å². The van der Waals surface area contributed by atoms with Crippen LogP contribution in [0.4, 0.5) is 29.7 Å². The number of benzene rings is 2. The Morgan fingerprint density at radius 2 is 1.93 bits per heavy atom. The molecule has 4 aromatic rings. The van der Waals surface area contributed by atoms with Gasteiger partial charge >= 0.3 is 12.1 Å². The maximum Gasteiger partial charge on any atom is 0.490 e. The second-order valence-corrected chi connectivity index (χ2v) is 12.0. The second-order valence-electron chi connectivity index (χ2n) is 11.0. The van der Waals surface area contributed by atoms with E-state index in [0.717, 1.165) is 57.8 Å². The van der Waals surface area contributed by atoms with Crippen molar-refractivity contribution in [2.45, 2.75) is 44.4 Å². The summed E-state index contributed by atoms with van der Waals surface area (Å²) in [6.07, 6.45) is -0.377. The van der Waals surface area contributed by atoms with Gasteiger partial charge in [-0.15, -0.1) is 0 Å². The van der Waals surface area contributed by atoms with Crippen molar-refractivity contribution in [3.63, 3.8) is 0 Å². The SMILES string of the molecule is CC1(C)Cc2nc(N3CCOCC3Cc3cccc(Nc4cccc(-c5cnco5)c4)c3)sc2C(=O)N1.O=C(O)C(F)(F)F. The molecule has 232 valence electrons. The Labute approximate surface area is 254 Å². The number of ether oxygens (including phenoxy) is 1. The molecule has 3 N–H and O–H groups in total. The highest BCUT2D eigenvalue weighted by Crippen LogP contribution is 2.34. The van der Waals surface area contributed by atoms with Gasteiger partial charge in [0.2, 0.25) is 0 Å². The van der Waals surface area contributed by atoms with Gasteiger partial charge in [-0.25, -0.2) is 14.8 Å². The van der Waals surface area contributed by atoms with Crippen LogP contribution in [0, 0.1) is 0 Å². The largest absolute Gasteiger partial charge is 0.490 e. The summed E-state index contributed by atoms with van der Waals surface area (Å²) in [6.45, 7) is 6.11. The first-order chi connectivity index (χ1) is 20.9. The molecule has 1 unspecified atom stereocenters. The zero-order valence-corrected chi connectivity index (χ0v) is 24.7. The van der Waals surface area contributed by atoms with Gasteiger partial charge in [-0.3, -0.25) is 4.79 Å². The van der Waals surface area contributed by atoms with E-state index in [1.807, 2.05) is 38.1 Å². The molecule has 0 radical (unpaired) electrons. The van der Waals surface area contributed by atoms with Gasteiger partial charge in [0.1, 0.15) is 4.88 Å². The van der Waals surface area contributed by atoms with Gasteiger partial charge in [0.25, 0.3) is 5.91 Å². The number of carboxylic acid groups (broad SMARTS) is 1. The number of oxazole rings is 1. The summed E-state index contributed by atoms with van der Waals surface area (Å²) in [5.41, 5.74) is 4.79. The average molecular weight is 630 g/mol. The number of nitrogens with one attached hydrogen (secondary N) is 2. The van der Waals surface area contributed by atoms with Gasteiger partial charge in [-0.1, -0.05) is 35.6 Å². The minimum atomic E-state index is -5.08. The van der Waals surface area contributed by atoms with E-state index in [0.29, 0.717) is 13.2 Å². The number of hydrogen-bond acceptors (Lipinski definition) is 9. The molecule has 14 heteroatoms. The van der Waals surface area contributed by atoms with E-state index in [1.165, 1.54) is 23.3 Å². The normalized spacial score (nSPS) is 17.6. The number of nitrogens with zero attached hydrogens (tertiary/aromatic N) is 3. The number of carbonyl (C=O) groups is 2. The maximum atomic E-state index is 12.6. The zero-order chi connectivity index (χ0) is 31.5. The van der Waals surface area contributed by atoms with Crippen LogP contribution in [0.15, 0.2) is 65.5 Å². The third-order valence-electron chi connectivity index (χ3n) is 6.94. The van der Waals surface area contributed by atoms with Crippen LogP contribution in [0.1, 0.15) is 34.8 Å². The van der Waals surface area contributed by atoms with Crippen molar-refractivity contribution in [2.24, 2.45) is 0 Å². The molecule has 1 amide bonds. The van der Waals surface area contributed by atoms with Crippen molar-refractivity contribution in [3.8, 4) is 11.3 Å². The molecule has 2 aromatic carbocycles. The van der Waals surface area contributed by atoms with Crippen molar-refractivity contribution >= 4 is 39.7 Å². The van der Waals surface area contributed by atoms with E-state index in [9.17, 15) is 18.0 Å². The Bertz CT molecular complexity index is 1620. The molecule has 0 aliphatic carbocycles. The fourth-order valence-corrected chi connectivity index (χ4v) is 6.06. The van der Waals surface area contributed by atoms with Crippen molar-refractivity contribution in [1.82, 2.24) is 15.3 Å². The first-order valence-corrected chi connectivity index (χ1v) is 14.5. The topological polar surface area (TPSA) is 130 Å². The van der Waals surface area contributed by atoms with Gasteiger partial charge in [-0.2, -0.15) is 13.2 Å². The predicted octanol–water partition coefficient (Wildman–Crippen LogP) is 5.69. The minimum absolute atomic E-state index is 0.0223. The number of hydrogen-bond donors (Lipinski definition) is 3. The van der Waals surface area contributed by atoms with Crippen LogP contribution in [-0.2, 0) is 22.4 Å². The Hall–Kier alpha value is -4.43. The molecule has 10 nitrogen and oxygen atoms in total. The molecular weight excluding hydrogens is 599 g/mol. The van der Waals surface area contributed by atoms with Gasteiger partial charge in [0.15, 0.2) is 17.3 Å². The standard InChI is InChI=1S/C28H29N5O3S.C2HF3O2/c1-28(2)14-23-25(26(34)32-28)37-27(31-23)33-9-10-35-16-22(33)12-18-5-3-7-20(11-18)30-21-8-4-6-19(13-21)24-15-29-17-36-24;3-2(4,5)1(6)7/h3-8,11,13,15,17,22,30H,9-10,12,14,16H2,1-2H3,(H,32,34);(H,6,7). The maximum absolute atomic E-state index is 12.6. The van der Waals surface area contributed by atoms with E-state index >= 15 is 0 Å². The molecule has 4 heterocycles. The summed E-state index contributed by atoms with van der Waals surface area (Å²) >= 11 is 1.49. The number of aromatic nitrogens is 2. The summed E-state index contributed by atoms with van der Waals surface area (Å²) in [7, 11) is 0. The summed E-state index contributed by atoms with van der Waals surface area (Å²) in [5, 5.41) is 14.6. The molecule has 0 bridgehead atoms. The number of thiazole rings is 1. The van der Waals surface area contributed by atoms with Crippen LogP contribution in [0.5, 0.6) is 0 Å². The first kappa shape index (κ1) is 31.0. The average Bonchev–Trinajstić information content (AvgIpc) is 3.64. The fourth-order valence-electron chi connectivity index (χ4n) is 4.99. The Morgan fingerprint density at radius 1 is 1.20 bits per heavy atom. The van der Waals surface area contributed by atoms with E-state index in [1.54, 1.807) is 6.20 Å². The number of aliphatic carboxylic acids is 1. The molecule has 6 rings (SSSR count). The van der Waals surface area contributed by atoms with E-state index in [4.69, 9.17) is 24.0 Å². The Balaban J connectivity index is 0.000000493. The number of halogens is 3. The summed E-state index contributed by atoms with van der Waals surface area (Å²) in [5.74, 6) is -2.04. The van der Waals surface area contributed by atoms with Crippen LogP contribution < -0.4 is 15.5 Å². The molecule has 0 saturated carbocycles. The van der Waals surface area contributed by atoms with Crippen LogP contribution in [0.25, 0.3) is 11.3 Å². The number of alkyl halides is 3. The van der Waals surface area contributed by atoms with Crippen LogP contribution in [0.3, 0.4) is 0 Å². The number of anilines is 3. The van der Waals surface area contributed by atoms with Crippen LogP contribution in [-0.4, -0.2) is 64.5 Å². The first-order valence-electron chi connectivity index (χ1n) is 13.7. The van der Waals surface area contributed by atoms with Gasteiger partial charge in [-0.05, 0) is 50.1 Å². The molecule has 2 aliphatic heterocycles. The van der Waals surface area contributed by atoms with Gasteiger partial charge in [0.05, 0.1) is 31.1 Å². The third kappa shape index (κ3) is 7.55. The summed E-state index contributed by atoms with van der Waals surface area (Å²) in [4.78, 5) is 33.5. The number of carbonyl (C=O) groups excluding carboxylic acids is 1. The van der Waals surface area contributed by atoms with Crippen LogP contribution in [0.2, 0.25) is 0 Å². The van der Waals surface area contributed by atoms with Gasteiger partial charge in [0, 0.05) is 35.4 Å². The number of rotatable bonds is 6. The number of morpholine rings is 1. The number of carboxylic acids is 1. The summed E-state index contributed by atoms with van der Waals surface area (Å²) < 4.78 is 43.0. The van der Waals surface area contributed by atoms with E-state index in [-0.39, 0.29) is 17.5 Å². The number of fused-ring (bicyclic) bond motifs is 1. The Kier molecular flexibility index (Phi) is 8.92. The monoisotopic (exact) mass is 629 g/mol. The minimum Gasteiger partial charge on any atom is -0.475 e. The molecular formula is C30H30F3N5O5S. The lowest BCUT2D eigenvalue weighted by molar-refractivity contribution is -0.192. The number of amides is 1. The quantitative estimate of drug-likeness (QED) is 0.246. The predicted molar refractivity (Wildman–Crippen MR) is 158 cm³/mol. The zero-order valence-electron chi connectivity index (χ0n) is 23.9. The van der Waals surface area contributed by atoms with Crippen LogP contribution >= 0.6 is 11.3 Å². The molecule has 0 spiro atoms. The van der Waals surface area contributed by atoms with E-state index < -0.39 is 12.1 Å². The lowest BCUT2D eigenvalue weighted by atomic mass is 9.94. The highest BCUT2D eigenvalue weighted by molar-refractivity contribution is 7.17. The Morgan fingerprint density at radius 3 is 2.64 bits per heavy atom. The smallest absolute Gasteiger partial charge is 0.475 e. The van der Waals surface area contributed by atoms with Crippen molar-refractivity contribution in [1.29, 1.82) is 0 Å². The molecule has 2 aromatic heterocycles. The van der Waals surface area contributed by atoms with E-state index in [2.05, 4.69) is 44.8 Å². The van der Waals surface area contributed by atoms with Gasteiger partial charge < -0.3 is 29.8 Å². The lowest BCUT2D eigenvalue weighted by Crippen LogP contribution is -2.48. The fraction of sp³-hybridized carbons (Fsp3) is 0.333. The highest BCUT2D eigenvalue weighted by Gasteiger charge is 2.38. The summed E-state index contributed by atoms with van der Waals surface area (Å²) in [6, 6.07) is 16.7. The van der Waals surface area contributed by atoms with Crippen molar-refractivity contribution < 1.29 is 37.0 Å². The second kappa shape index (κ2) is 12.7. The molecule has 2 aliphatic rings. The molecule has 1 saturated heterocycles. The third-order valence-corrected chi connectivity index (χ3v) is 8.07.